The van der Waals surface area contributed by atoms with Crippen molar-refractivity contribution < 1.29 is 23.1 Å². The molecule has 0 saturated heterocycles. The van der Waals surface area contributed by atoms with E-state index in [2.05, 4.69) is 20.8 Å². The summed E-state index contributed by atoms with van der Waals surface area (Å²) in [6.45, 7) is 1.77. The largest absolute Gasteiger partial charge is 0.469 e. The lowest BCUT2D eigenvalue weighted by atomic mass is 10.2. The molecule has 0 fully saturated rings. The number of aromatic nitrogens is 2. The zero-order valence-electron chi connectivity index (χ0n) is 15.6. The van der Waals surface area contributed by atoms with Crippen LogP contribution in [0.2, 0.25) is 0 Å². The summed E-state index contributed by atoms with van der Waals surface area (Å²) in [6.07, 6.45) is 2.17. The molecule has 152 valence electrons. The summed E-state index contributed by atoms with van der Waals surface area (Å²) in [4.78, 5) is 24.1. The normalized spacial score (nSPS) is 11.8. The van der Waals surface area contributed by atoms with Gasteiger partial charge < -0.3 is 19.8 Å². The van der Waals surface area contributed by atoms with Gasteiger partial charge in [-0.25, -0.2) is 4.39 Å². The number of hydrogen-bond acceptors (Lipinski definition) is 7. The van der Waals surface area contributed by atoms with Crippen LogP contribution >= 0.6 is 11.3 Å². The maximum Gasteiger partial charge on any atom is 0.286 e. The van der Waals surface area contributed by atoms with Gasteiger partial charge in [0, 0.05) is 18.2 Å². The second kappa shape index (κ2) is 9.89. The zero-order chi connectivity index (χ0) is 20.6. The first kappa shape index (κ1) is 20.6. The average Bonchev–Trinajstić information content (AvgIpc) is 3.33. The molecule has 0 saturated carbocycles. The van der Waals surface area contributed by atoms with Crippen molar-refractivity contribution in [3.05, 3.63) is 64.3 Å². The molecule has 2 aromatic heterocycles. The molecule has 0 aliphatic heterocycles. The first-order valence-electron chi connectivity index (χ1n) is 8.78. The van der Waals surface area contributed by atoms with E-state index in [4.69, 9.17) is 9.15 Å². The van der Waals surface area contributed by atoms with Gasteiger partial charge >= 0.3 is 0 Å². The second-order valence-corrected chi connectivity index (χ2v) is 7.27. The van der Waals surface area contributed by atoms with Gasteiger partial charge in [0.15, 0.2) is 0 Å². The molecule has 29 heavy (non-hydrogen) atoms. The minimum atomic E-state index is -0.496. The Bertz CT molecular complexity index is 961. The van der Waals surface area contributed by atoms with Gasteiger partial charge in [-0.1, -0.05) is 17.4 Å². The van der Waals surface area contributed by atoms with E-state index < -0.39 is 11.7 Å². The third-order valence-electron chi connectivity index (χ3n) is 3.70. The van der Waals surface area contributed by atoms with Gasteiger partial charge in [0.2, 0.25) is 10.9 Å². The monoisotopic (exact) mass is 418 g/mol. The van der Waals surface area contributed by atoms with E-state index in [0.29, 0.717) is 17.1 Å². The van der Waals surface area contributed by atoms with Crippen LogP contribution in [0.4, 0.5) is 10.1 Å². The van der Waals surface area contributed by atoms with Crippen molar-refractivity contribution in [3.8, 4) is 0 Å². The number of carbonyl (C=O) groups excluding carboxylic acids is 2. The maximum absolute atomic E-state index is 13.2. The maximum atomic E-state index is 13.2. The Morgan fingerprint density at radius 3 is 2.90 bits per heavy atom. The fourth-order valence-corrected chi connectivity index (χ4v) is 3.16. The van der Waals surface area contributed by atoms with Gasteiger partial charge in [-0.05, 0) is 37.3 Å². The molecule has 8 nitrogen and oxygen atoms in total. The highest BCUT2D eigenvalue weighted by Gasteiger charge is 2.14. The first-order valence-corrected chi connectivity index (χ1v) is 9.60. The summed E-state index contributed by atoms with van der Waals surface area (Å²) in [5, 5.41) is 13.6. The van der Waals surface area contributed by atoms with Gasteiger partial charge in [-0.2, -0.15) is 0 Å². The zero-order valence-corrected chi connectivity index (χ0v) is 16.4. The molecule has 0 radical (unpaired) electrons. The van der Waals surface area contributed by atoms with Crippen LogP contribution in [-0.4, -0.2) is 34.7 Å². The van der Waals surface area contributed by atoms with Crippen LogP contribution in [0, 0.1) is 5.82 Å². The number of halogens is 1. The fourth-order valence-electron chi connectivity index (χ4n) is 2.48. The summed E-state index contributed by atoms with van der Waals surface area (Å²) >= 11 is 1.04. The summed E-state index contributed by atoms with van der Waals surface area (Å²) in [5.74, 6) is -0.427. The highest BCUT2D eigenvalue weighted by atomic mass is 32.1. The molecule has 2 N–H and O–H groups in total. The first-order chi connectivity index (χ1) is 14.0. The smallest absolute Gasteiger partial charge is 0.286 e. The van der Waals surface area contributed by atoms with Crippen molar-refractivity contribution in [2.45, 2.75) is 26.0 Å². The lowest BCUT2D eigenvalue weighted by Gasteiger charge is -2.12. The number of nitrogens with one attached hydrogen (secondary N) is 2. The molecular formula is C19H19FN4O4S. The minimum Gasteiger partial charge on any atom is -0.469 e. The van der Waals surface area contributed by atoms with E-state index in [9.17, 15) is 14.0 Å². The highest BCUT2D eigenvalue weighted by Crippen LogP contribution is 2.15. The summed E-state index contributed by atoms with van der Waals surface area (Å²) in [5.41, 5.74) is 0.323. The fraction of sp³-hybridized carbons (Fsp3) is 0.263. The quantitative estimate of drug-likeness (QED) is 0.553. The number of hydrogen-bond donors (Lipinski definition) is 2. The third-order valence-corrected chi connectivity index (χ3v) is 4.59. The number of rotatable bonds is 9. The van der Waals surface area contributed by atoms with Crippen molar-refractivity contribution in [2.24, 2.45) is 0 Å². The molecule has 10 heteroatoms. The van der Waals surface area contributed by atoms with Crippen molar-refractivity contribution in [2.75, 3.05) is 11.9 Å². The van der Waals surface area contributed by atoms with Crippen LogP contribution < -0.4 is 10.6 Å². The van der Waals surface area contributed by atoms with Gasteiger partial charge in [-0.3, -0.25) is 9.59 Å². The van der Waals surface area contributed by atoms with Crippen molar-refractivity contribution in [3.63, 3.8) is 0 Å². The Morgan fingerprint density at radius 1 is 1.28 bits per heavy atom. The van der Waals surface area contributed by atoms with E-state index in [0.717, 1.165) is 17.1 Å². The lowest BCUT2D eigenvalue weighted by Crippen LogP contribution is -2.36. The molecule has 2 heterocycles. The molecule has 1 atom stereocenters. The van der Waals surface area contributed by atoms with Crippen LogP contribution in [0.15, 0.2) is 47.1 Å². The number of nitrogens with zero attached hydrogens (tertiary/aromatic N) is 2. The molecule has 0 aliphatic rings. The van der Waals surface area contributed by atoms with Crippen LogP contribution in [0.3, 0.4) is 0 Å². The third kappa shape index (κ3) is 6.47. The SMILES string of the molecule is CC(Cc1ccco1)NC(=O)COCc1nnc(C(=O)Nc2cccc(F)c2)s1. The number of amides is 2. The van der Waals surface area contributed by atoms with E-state index in [-0.39, 0.29) is 30.2 Å². The molecule has 3 aromatic rings. The molecule has 0 bridgehead atoms. The van der Waals surface area contributed by atoms with Crippen molar-refractivity contribution in [1.29, 1.82) is 0 Å². The molecule has 3 rings (SSSR count). The van der Waals surface area contributed by atoms with Crippen LogP contribution in [0.25, 0.3) is 0 Å². The molecular weight excluding hydrogens is 399 g/mol. The van der Waals surface area contributed by atoms with Crippen molar-refractivity contribution in [1.82, 2.24) is 15.5 Å². The second-order valence-electron chi connectivity index (χ2n) is 6.21. The molecule has 2 amide bonds. The predicted octanol–water partition coefficient (Wildman–Crippen LogP) is 2.79. The van der Waals surface area contributed by atoms with Gasteiger partial charge in [0.1, 0.15) is 29.8 Å². The van der Waals surface area contributed by atoms with Gasteiger partial charge in [-0.15, -0.1) is 10.2 Å². The van der Waals surface area contributed by atoms with Crippen LogP contribution in [-0.2, 0) is 22.6 Å². The minimum absolute atomic E-state index is 0.0465. The summed E-state index contributed by atoms with van der Waals surface area (Å²) in [7, 11) is 0. The Morgan fingerprint density at radius 2 is 2.14 bits per heavy atom. The van der Waals surface area contributed by atoms with E-state index in [1.807, 2.05) is 13.0 Å². The van der Waals surface area contributed by atoms with Crippen LogP contribution in [0.5, 0.6) is 0 Å². The number of carbonyl (C=O) groups is 2. The van der Waals surface area contributed by atoms with Crippen LogP contribution in [0.1, 0.15) is 27.5 Å². The highest BCUT2D eigenvalue weighted by molar-refractivity contribution is 7.13. The standard InChI is InChI=1S/C19H19FN4O4S/c1-12(8-15-6-3-7-28-15)21-16(25)10-27-11-17-23-24-19(29-17)18(26)22-14-5-2-4-13(20)9-14/h2-7,9,12H,8,10-11H2,1H3,(H,21,25)(H,22,26). The number of benzene rings is 1. The molecule has 1 aromatic carbocycles. The topological polar surface area (TPSA) is 106 Å². The predicted molar refractivity (Wildman–Crippen MR) is 104 cm³/mol. The number of anilines is 1. The van der Waals surface area contributed by atoms with Gasteiger partial charge in [0.05, 0.1) is 6.26 Å². The van der Waals surface area contributed by atoms with E-state index in [1.54, 1.807) is 18.4 Å². The molecule has 0 spiro atoms. The Kier molecular flexibility index (Phi) is 7.04. The van der Waals surface area contributed by atoms with E-state index in [1.165, 1.54) is 18.2 Å². The Balaban J connectivity index is 1.40. The number of ether oxygens (including phenoxy) is 1. The molecule has 1 unspecified atom stereocenters. The Labute approximate surface area is 170 Å². The summed E-state index contributed by atoms with van der Waals surface area (Å²) < 4.78 is 23.7. The van der Waals surface area contributed by atoms with Crippen molar-refractivity contribution >= 4 is 28.8 Å². The lowest BCUT2D eigenvalue weighted by molar-refractivity contribution is -0.126. The molecule has 0 aliphatic carbocycles. The van der Waals surface area contributed by atoms with E-state index >= 15 is 0 Å². The van der Waals surface area contributed by atoms with Gasteiger partial charge in [0.25, 0.3) is 5.91 Å². The average molecular weight is 418 g/mol. The Hall–Kier alpha value is -3.11. The summed E-state index contributed by atoms with van der Waals surface area (Å²) in [6, 6.07) is 9.08. The number of furan rings is 1.